The molecule has 0 saturated heterocycles. The second-order valence-corrected chi connectivity index (χ2v) is 7.79. The third kappa shape index (κ3) is 25.9. The Morgan fingerprint density at radius 3 is 1.54 bits per heavy atom. The Balaban J connectivity index is -0.00000264. The van der Waals surface area contributed by atoms with Crippen LogP contribution in [0.3, 0.4) is 0 Å². The van der Waals surface area contributed by atoms with Gasteiger partial charge in [0.25, 0.3) is 0 Å². The van der Waals surface area contributed by atoms with E-state index in [1.165, 1.54) is 69.8 Å². The molecule has 0 spiro atoms. The average Bonchev–Trinajstić information content (AvgIpc) is 2.52. The summed E-state index contributed by atoms with van der Waals surface area (Å²) < 4.78 is 14.9. The molecule has 0 heterocycles. The van der Waals surface area contributed by atoms with Gasteiger partial charge in [-0.25, -0.2) is 0 Å². The first-order chi connectivity index (χ1) is 11.5. The molecule has 0 aromatic rings. The summed E-state index contributed by atoms with van der Waals surface area (Å²) >= 11 is 0. The largest absolute Gasteiger partial charge is 1.00 e. The molecule has 0 saturated carbocycles. The zero-order chi connectivity index (χ0) is 18.1. The first-order valence-electron chi connectivity index (χ1n) is 9.84. The maximum Gasteiger partial charge on any atom is 1.00 e. The third-order valence-corrected chi connectivity index (χ3v) is 4.77. The van der Waals surface area contributed by atoms with Crippen molar-refractivity contribution in [3.8, 4) is 0 Å². The van der Waals surface area contributed by atoms with Crippen molar-refractivity contribution in [2.75, 3.05) is 6.61 Å². The molecule has 0 aliphatic rings. The van der Waals surface area contributed by atoms with Gasteiger partial charge in [-0.3, -0.25) is 0 Å². The van der Waals surface area contributed by atoms with Crippen molar-refractivity contribution in [1.82, 2.24) is 0 Å². The van der Waals surface area contributed by atoms with Crippen molar-refractivity contribution in [3.63, 3.8) is 0 Å². The molecule has 0 amide bonds. The predicted octanol–water partition coefficient (Wildman–Crippen LogP) is -0.733. The number of allylic oxidation sites excluding steroid dienone is 1. The Morgan fingerprint density at radius 2 is 1.15 bits per heavy atom. The topological polar surface area (TPSA) is 72.4 Å². The Hall–Kier alpha value is 1.85. The van der Waals surface area contributed by atoms with Crippen molar-refractivity contribution in [1.29, 1.82) is 0 Å². The fourth-order valence-corrected chi connectivity index (χ4v) is 3.10. The van der Waals surface area contributed by atoms with E-state index in [1.807, 2.05) is 0 Å². The van der Waals surface area contributed by atoms with Crippen LogP contribution in [0.15, 0.2) is 11.6 Å². The van der Waals surface area contributed by atoms with Gasteiger partial charge in [-0.1, -0.05) is 89.7 Å². The van der Waals surface area contributed by atoms with Gasteiger partial charge in [0.2, 0.25) is 0 Å². The molecule has 0 unspecified atom stereocenters. The Bertz CT molecular complexity index is 341. The Morgan fingerprint density at radius 1 is 0.769 bits per heavy atom. The van der Waals surface area contributed by atoms with Gasteiger partial charge in [0.15, 0.2) is 0 Å². The van der Waals surface area contributed by atoms with Crippen molar-refractivity contribution >= 4 is 7.82 Å². The molecule has 0 fully saturated rings. The molecule has 7 heteroatoms. The summed E-state index contributed by atoms with van der Waals surface area (Å²) in [5, 5.41) is 0. The molecule has 0 aromatic heterocycles. The van der Waals surface area contributed by atoms with Gasteiger partial charge < -0.3 is 18.9 Å². The van der Waals surface area contributed by atoms with Gasteiger partial charge in [0.1, 0.15) is 0 Å². The van der Waals surface area contributed by atoms with E-state index in [2.05, 4.69) is 18.4 Å². The molecule has 0 N–H and O–H groups in total. The summed E-state index contributed by atoms with van der Waals surface area (Å²) in [6.45, 7) is 4.32. The van der Waals surface area contributed by atoms with E-state index in [1.54, 1.807) is 6.08 Å². The van der Waals surface area contributed by atoms with E-state index in [0.29, 0.717) is 0 Å². The smallest absolute Gasteiger partial charge is 0.790 e. The van der Waals surface area contributed by atoms with Crippen molar-refractivity contribution in [2.45, 2.75) is 104 Å². The summed E-state index contributed by atoms with van der Waals surface area (Å²) in [6.07, 6.45) is 18.7. The monoisotopic (exact) mass is 406 g/mol. The van der Waals surface area contributed by atoms with Crippen LogP contribution < -0.4 is 68.9 Å². The second kappa shape index (κ2) is 23.1. The fourth-order valence-electron chi connectivity index (χ4n) is 2.84. The minimum Gasteiger partial charge on any atom is -0.790 e. The predicted molar refractivity (Wildman–Crippen MR) is 97.6 cm³/mol. The number of rotatable bonds is 17. The third-order valence-electron chi connectivity index (χ3n) is 4.31. The van der Waals surface area contributed by atoms with E-state index < -0.39 is 7.82 Å². The molecule has 4 nitrogen and oxygen atoms in total. The molecule has 0 aliphatic heterocycles. The number of unbranched alkanes of at least 4 members (excludes halogenated alkanes) is 10. The minimum absolute atomic E-state index is 0. The van der Waals surface area contributed by atoms with Crippen LogP contribution in [0.1, 0.15) is 104 Å². The van der Waals surface area contributed by atoms with E-state index >= 15 is 0 Å². The van der Waals surface area contributed by atoms with Crippen molar-refractivity contribution < 1.29 is 78.0 Å². The number of hydrogen-bond acceptors (Lipinski definition) is 4. The van der Waals surface area contributed by atoms with Gasteiger partial charge >= 0.3 is 59.1 Å². The Labute approximate surface area is 206 Å². The molecule has 26 heavy (non-hydrogen) atoms. The van der Waals surface area contributed by atoms with Crippen LogP contribution in [0.5, 0.6) is 0 Å². The summed E-state index contributed by atoms with van der Waals surface area (Å²) in [4.78, 5) is 21.1. The van der Waals surface area contributed by atoms with Crippen LogP contribution in [0.4, 0.5) is 0 Å². The van der Waals surface area contributed by atoms with E-state index in [4.69, 9.17) is 0 Å². The number of phosphoric ester groups is 1. The minimum atomic E-state index is -4.86. The van der Waals surface area contributed by atoms with Crippen LogP contribution in [-0.2, 0) is 9.09 Å². The number of phosphoric acid groups is 1. The molecule has 0 aliphatic carbocycles. The second-order valence-electron chi connectivity index (χ2n) is 6.64. The van der Waals surface area contributed by atoms with Gasteiger partial charge in [-0.2, -0.15) is 0 Å². The maximum atomic E-state index is 10.6. The van der Waals surface area contributed by atoms with E-state index in [0.717, 1.165) is 25.7 Å². The first kappa shape index (κ1) is 32.5. The van der Waals surface area contributed by atoms with E-state index in [9.17, 15) is 14.4 Å². The zero-order valence-corrected chi connectivity index (χ0v) is 22.7. The standard InChI is InChI=1S/C19H39O4P.2Na/c1-3-5-7-9-11-13-15-19(17-18-23-24(20,21)22)16-14-12-10-8-6-4-2;;/h17H,3-16,18H2,1-2H3,(H2,20,21,22);;/q;2*+1/p-2. The van der Waals surface area contributed by atoms with E-state index in [-0.39, 0.29) is 65.7 Å². The number of hydrogen-bond donors (Lipinski definition) is 0. The normalized spacial score (nSPS) is 10.8. The Kier molecular flexibility index (Phi) is 28.9. The molecular weight excluding hydrogens is 369 g/mol. The molecule has 0 aromatic carbocycles. The van der Waals surface area contributed by atoms with Crippen LogP contribution >= 0.6 is 7.82 Å². The first-order valence-corrected chi connectivity index (χ1v) is 11.3. The maximum absolute atomic E-state index is 10.6. The quantitative estimate of drug-likeness (QED) is 0.138. The van der Waals surface area contributed by atoms with Gasteiger partial charge in [-0.05, 0) is 25.7 Å². The van der Waals surface area contributed by atoms with Crippen LogP contribution in [0.2, 0.25) is 0 Å². The fraction of sp³-hybridized carbons (Fsp3) is 0.895. The van der Waals surface area contributed by atoms with Crippen molar-refractivity contribution in [3.05, 3.63) is 11.6 Å². The van der Waals surface area contributed by atoms with Crippen molar-refractivity contribution in [2.24, 2.45) is 0 Å². The van der Waals surface area contributed by atoms with Crippen LogP contribution in [0.25, 0.3) is 0 Å². The molecule has 0 bridgehead atoms. The summed E-state index contributed by atoms with van der Waals surface area (Å²) in [6, 6.07) is 0. The molecule has 0 radical (unpaired) electrons. The molecular formula is C19H37Na2O4P. The van der Waals surface area contributed by atoms with Gasteiger partial charge in [-0.15, -0.1) is 0 Å². The van der Waals surface area contributed by atoms with Gasteiger partial charge in [0, 0.05) is 0 Å². The summed E-state index contributed by atoms with van der Waals surface area (Å²) in [5.41, 5.74) is 1.24. The zero-order valence-electron chi connectivity index (χ0n) is 17.8. The van der Waals surface area contributed by atoms with Crippen LogP contribution in [0, 0.1) is 0 Å². The van der Waals surface area contributed by atoms with Gasteiger partial charge in [0.05, 0.1) is 14.4 Å². The summed E-state index contributed by atoms with van der Waals surface area (Å²) in [7, 11) is -4.86. The summed E-state index contributed by atoms with van der Waals surface area (Å²) in [5.74, 6) is 0. The van der Waals surface area contributed by atoms with Crippen LogP contribution in [-0.4, -0.2) is 6.61 Å². The molecule has 144 valence electrons. The average molecular weight is 406 g/mol. The molecule has 0 atom stereocenters. The SMILES string of the molecule is CCCCCCCCC(=CCOP(=O)([O-])[O-])CCCCCCCC.[Na+].[Na+]. The molecule has 0 rings (SSSR count).